The average Bonchev–Trinajstić information content (AvgIpc) is 3.31. The van der Waals surface area contributed by atoms with E-state index in [-0.39, 0.29) is 30.0 Å². The lowest BCUT2D eigenvalue weighted by Crippen LogP contribution is -2.59. The molecule has 2 N–H and O–H groups in total. The van der Waals surface area contributed by atoms with E-state index in [1.165, 1.54) is 29.1 Å². The zero-order valence-electron chi connectivity index (χ0n) is 19.4. The largest absolute Gasteiger partial charge is 0.385 e. The monoisotopic (exact) mass is 476 g/mol. The molecule has 2 heterocycles. The lowest BCUT2D eigenvalue weighted by Gasteiger charge is -2.52. The summed E-state index contributed by atoms with van der Waals surface area (Å²) < 4.78 is 15.4. The van der Waals surface area contributed by atoms with Gasteiger partial charge in [-0.2, -0.15) is 5.10 Å². The van der Waals surface area contributed by atoms with Crippen molar-refractivity contribution in [1.29, 1.82) is 0 Å². The van der Waals surface area contributed by atoms with Gasteiger partial charge in [0.15, 0.2) is 0 Å². The Bertz CT molecular complexity index is 1210. The second kappa shape index (κ2) is 9.62. The third kappa shape index (κ3) is 4.58. The average molecular weight is 477 g/mol. The number of aliphatic hydroxyl groups is 1. The number of halogens is 1. The number of carbonyl (C=O) groups excluding carboxylic acids is 2. The highest BCUT2D eigenvalue weighted by Gasteiger charge is 2.50. The second-order valence-corrected chi connectivity index (χ2v) is 9.45. The molecule has 0 radical (unpaired) electrons. The number of amides is 2. The fourth-order valence-corrected chi connectivity index (χ4v) is 5.67. The van der Waals surface area contributed by atoms with Gasteiger partial charge in [-0.25, -0.2) is 4.39 Å². The minimum atomic E-state index is -0.932. The van der Waals surface area contributed by atoms with E-state index in [0.29, 0.717) is 18.7 Å². The molecule has 1 aromatic heterocycles. The summed E-state index contributed by atoms with van der Waals surface area (Å²) in [6.45, 7) is 0.506. The third-order valence-corrected chi connectivity index (χ3v) is 7.38. The minimum Gasteiger partial charge on any atom is -0.385 e. The van der Waals surface area contributed by atoms with Crippen LogP contribution in [0.1, 0.15) is 48.0 Å². The van der Waals surface area contributed by atoms with E-state index in [2.05, 4.69) is 10.4 Å². The van der Waals surface area contributed by atoms with Crippen LogP contribution in [0.15, 0.2) is 67.0 Å². The number of benzene rings is 2. The van der Waals surface area contributed by atoms with Gasteiger partial charge in [0, 0.05) is 24.7 Å². The second-order valence-electron chi connectivity index (χ2n) is 9.45. The zero-order valence-corrected chi connectivity index (χ0v) is 19.4. The molecule has 1 saturated carbocycles. The van der Waals surface area contributed by atoms with E-state index in [4.69, 9.17) is 0 Å². The van der Waals surface area contributed by atoms with E-state index in [9.17, 15) is 19.1 Å². The molecular formula is C27H29FN4O3. The number of hydrogen-bond donors (Lipinski definition) is 2. The first-order valence-corrected chi connectivity index (χ1v) is 12.1. The van der Waals surface area contributed by atoms with Crippen LogP contribution >= 0.6 is 0 Å². The van der Waals surface area contributed by atoms with Crippen LogP contribution in [0.5, 0.6) is 0 Å². The molecule has 0 spiro atoms. The van der Waals surface area contributed by atoms with Crippen molar-refractivity contribution in [3.8, 4) is 0 Å². The fraction of sp³-hybridized carbons (Fsp3) is 0.370. The van der Waals surface area contributed by atoms with Gasteiger partial charge >= 0.3 is 0 Å². The SMILES string of the molecule is O=C(Nc1cnn(CC(=O)N2CC[C@](O)(c3ccccc3)[C@@H]3CCCC[C@H]32)c1)c1ccccc1F. The molecule has 182 valence electrons. The first kappa shape index (κ1) is 23.2. The summed E-state index contributed by atoms with van der Waals surface area (Å²) in [4.78, 5) is 27.6. The summed E-state index contributed by atoms with van der Waals surface area (Å²) in [5, 5.41) is 18.5. The number of aromatic nitrogens is 2. The predicted molar refractivity (Wildman–Crippen MR) is 129 cm³/mol. The van der Waals surface area contributed by atoms with Crippen LogP contribution in [0.4, 0.5) is 10.1 Å². The molecule has 2 aromatic carbocycles. The maximum absolute atomic E-state index is 13.9. The van der Waals surface area contributed by atoms with Gasteiger partial charge in [0.05, 0.1) is 23.0 Å². The topological polar surface area (TPSA) is 87.5 Å². The van der Waals surface area contributed by atoms with E-state index in [0.717, 1.165) is 31.2 Å². The Balaban J connectivity index is 1.27. The molecular weight excluding hydrogens is 447 g/mol. The first-order valence-electron chi connectivity index (χ1n) is 12.1. The van der Waals surface area contributed by atoms with Crippen molar-refractivity contribution >= 4 is 17.5 Å². The maximum atomic E-state index is 13.9. The lowest BCUT2D eigenvalue weighted by atomic mass is 9.66. The number of rotatable bonds is 5. The van der Waals surface area contributed by atoms with E-state index in [1.807, 2.05) is 35.2 Å². The Morgan fingerprint density at radius 3 is 2.63 bits per heavy atom. The molecule has 2 fully saturated rings. The van der Waals surface area contributed by atoms with Gasteiger partial charge in [0.25, 0.3) is 5.91 Å². The molecule has 3 atom stereocenters. The number of hydrogen-bond acceptors (Lipinski definition) is 4. The van der Waals surface area contributed by atoms with Crippen LogP contribution in [-0.2, 0) is 16.9 Å². The molecule has 0 unspecified atom stereocenters. The quantitative estimate of drug-likeness (QED) is 0.584. The normalized spacial score (nSPS) is 24.0. The van der Waals surface area contributed by atoms with Gasteiger partial charge in [-0.05, 0) is 37.0 Å². The zero-order chi connectivity index (χ0) is 24.4. The molecule has 1 aliphatic carbocycles. The molecule has 2 amide bonds. The van der Waals surface area contributed by atoms with Crippen molar-refractivity contribution in [3.05, 3.63) is 83.9 Å². The number of likely N-dealkylation sites (tertiary alicyclic amines) is 1. The van der Waals surface area contributed by atoms with Crippen molar-refractivity contribution in [3.63, 3.8) is 0 Å². The van der Waals surface area contributed by atoms with Crippen molar-refractivity contribution in [2.24, 2.45) is 5.92 Å². The smallest absolute Gasteiger partial charge is 0.258 e. The van der Waals surface area contributed by atoms with Gasteiger partial charge in [-0.1, -0.05) is 55.3 Å². The van der Waals surface area contributed by atoms with Crippen molar-refractivity contribution in [2.45, 2.75) is 50.3 Å². The van der Waals surface area contributed by atoms with Crippen molar-refractivity contribution in [2.75, 3.05) is 11.9 Å². The molecule has 2 aliphatic rings. The highest BCUT2D eigenvalue weighted by atomic mass is 19.1. The summed E-state index contributed by atoms with van der Waals surface area (Å²) in [7, 11) is 0. The Morgan fingerprint density at radius 1 is 1.09 bits per heavy atom. The van der Waals surface area contributed by atoms with Gasteiger partial charge in [0.2, 0.25) is 5.91 Å². The van der Waals surface area contributed by atoms with E-state index >= 15 is 0 Å². The highest BCUT2D eigenvalue weighted by Crippen LogP contribution is 2.46. The molecule has 7 nitrogen and oxygen atoms in total. The van der Waals surface area contributed by atoms with Crippen LogP contribution in [-0.4, -0.2) is 44.2 Å². The van der Waals surface area contributed by atoms with E-state index < -0.39 is 17.3 Å². The van der Waals surface area contributed by atoms with Crippen LogP contribution in [0.3, 0.4) is 0 Å². The Labute approximate surface area is 203 Å². The standard InChI is InChI=1S/C27H29FN4O3/c28-23-12-6-4-10-21(23)26(34)30-20-16-29-31(17-20)18-25(33)32-15-14-27(35,19-8-2-1-3-9-19)22-11-5-7-13-24(22)32/h1-4,6,8-10,12,16-17,22,24,35H,5,7,11,13-15,18H2,(H,30,34)/t22-,24-,27+/m1/s1. The van der Waals surface area contributed by atoms with Crippen molar-refractivity contribution in [1.82, 2.24) is 14.7 Å². The minimum absolute atomic E-state index is 0.00964. The lowest BCUT2D eigenvalue weighted by molar-refractivity contribution is -0.155. The van der Waals surface area contributed by atoms with E-state index in [1.54, 1.807) is 12.3 Å². The summed E-state index contributed by atoms with van der Waals surface area (Å²) in [5.74, 6) is -1.25. The van der Waals surface area contributed by atoms with Gasteiger partial charge < -0.3 is 15.3 Å². The predicted octanol–water partition coefficient (Wildman–Crippen LogP) is 3.95. The number of fused-ring (bicyclic) bond motifs is 1. The Morgan fingerprint density at radius 2 is 1.83 bits per heavy atom. The maximum Gasteiger partial charge on any atom is 0.258 e. The van der Waals surface area contributed by atoms with Gasteiger partial charge in [-0.3, -0.25) is 14.3 Å². The van der Waals surface area contributed by atoms with Crippen LogP contribution in [0.2, 0.25) is 0 Å². The van der Waals surface area contributed by atoms with Gasteiger partial charge in [-0.15, -0.1) is 0 Å². The molecule has 5 rings (SSSR count). The number of carbonyl (C=O) groups is 2. The fourth-order valence-electron chi connectivity index (χ4n) is 5.67. The summed E-state index contributed by atoms with van der Waals surface area (Å²) in [5.41, 5.74) is 0.322. The molecule has 8 heteroatoms. The number of nitrogens with zero attached hydrogens (tertiary/aromatic N) is 3. The highest BCUT2D eigenvalue weighted by molar-refractivity contribution is 6.04. The molecule has 3 aromatic rings. The molecule has 1 aliphatic heterocycles. The van der Waals surface area contributed by atoms with Gasteiger partial charge in [0.1, 0.15) is 12.4 Å². The Kier molecular flexibility index (Phi) is 6.38. The summed E-state index contributed by atoms with van der Waals surface area (Å²) in [6.07, 6.45) is 7.33. The summed E-state index contributed by atoms with van der Waals surface area (Å²) >= 11 is 0. The van der Waals surface area contributed by atoms with Crippen molar-refractivity contribution < 1.29 is 19.1 Å². The van der Waals surface area contributed by atoms with Crippen LogP contribution in [0, 0.1) is 11.7 Å². The third-order valence-electron chi connectivity index (χ3n) is 7.38. The number of piperidine rings is 1. The van der Waals surface area contributed by atoms with Crippen LogP contribution in [0.25, 0.3) is 0 Å². The van der Waals surface area contributed by atoms with Crippen LogP contribution < -0.4 is 5.32 Å². The number of anilines is 1. The number of nitrogens with one attached hydrogen (secondary N) is 1. The molecule has 0 bridgehead atoms. The molecule has 35 heavy (non-hydrogen) atoms. The first-order chi connectivity index (χ1) is 17.0. The Hall–Kier alpha value is -3.52. The summed E-state index contributed by atoms with van der Waals surface area (Å²) in [6, 6.07) is 15.5. The molecule has 1 saturated heterocycles.